The van der Waals surface area contributed by atoms with Gasteiger partial charge in [-0.2, -0.15) is 0 Å². The first-order chi connectivity index (χ1) is 9.29. The van der Waals surface area contributed by atoms with E-state index in [9.17, 15) is 0 Å². The van der Waals surface area contributed by atoms with Crippen LogP contribution in [0.15, 0.2) is 24.3 Å². The van der Waals surface area contributed by atoms with Crippen molar-refractivity contribution < 1.29 is 0 Å². The summed E-state index contributed by atoms with van der Waals surface area (Å²) in [6.07, 6.45) is 8.41. The van der Waals surface area contributed by atoms with Crippen LogP contribution < -0.4 is 3.58 Å². The molecule has 0 bridgehead atoms. The van der Waals surface area contributed by atoms with Crippen LogP contribution in [0, 0.1) is 6.07 Å². The van der Waals surface area contributed by atoms with Crippen molar-refractivity contribution in [3.05, 3.63) is 30.3 Å². The van der Waals surface area contributed by atoms with Gasteiger partial charge in [0.1, 0.15) is 0 Å². The van der Waals surface area contributed by atoms with Crippen molar-refractivity contribution in [3.8, 4) is 0 Å². The van der Waals surface area contributed by atoms with E-state index in [1.54, 1.807) is 16.9 Å². The van der Waals surface area contributed by atoms with Gasteiger partial charge in [0.15, 0.2) is 0 Å². The first-order valence-corrected chi connectivity index (χ1v) is 15.7. The Balaban J connectivity index is 2.94. The van der Waals surface area contributed by atoms with Gasteiger partial charge >= 0.3 is 125 Å². The zero-order valence-corrected chi connectivity index (χ0v) is 16.0. The van der Waals surface area contributed by atoms with Crippen molar-refractivity contribution in [1.82, 2.24) is 0 Å². The quantitative estimate of drug-likeness (QED) is 0.477. The third-order valence-electron chi connectivity index (χ3n) is 4.36. The van der Waals surface area contributed by atoms with Crippen LogP contribution in [0.5, 0.6) is 0 Å². The van der Waals surface area contributed by atoms with Gasteiger partial charge in [0.2, 0.25) is 0 Å². The summed E-state index contributed by atoms with van der Waals surface area (Å²) in [6.45, 7) is 7.03. The number of unbranched alkanes of at least 4 members (excludes halogenated alkanes) is 3. The monoisotopic (exact) mass is 367 g/mol. The fourth-order valence-corrected chi connectivity index (χ4v) is 19.0. The summed E-state index contributed by atoms with van der Waals surface area (Å²) < 4.78 is 6.46. The first-order valence-electron chi connectivity index (χ1n) is 8.25. The minimum absolute atomic E-state index is 1.36. The maximum atomic E-state index is 3.21. The topological polar surface area (TPSA) is 0 Å². The van der Waals surface area contributed by atoms with Crippen molar-refractivity contribution in [2.75, 3.05) is 0 Å². The van der Waals surface area contributed by atoms with E-state index in [0.29, 0.717) is 0 Å². The van der Waals surface area contributed by atoms with E-state index in [-0.39, 0.29) is 0 Å². The van der Waals surface area contributed by atoms with Crippen molar-refractivity contribution in [3.63, 3.8) is 0 Å². The second-order valence-corrected chi connectivity index (χ2v) is 19.1. The average Bonchev–Trinajstić information content (AvgIpc) is 2.48. The predicted octanol–water partition coefficient (Wildman–Crippen LogP) is 5.54. The van der Waals surface area contributed by atoms with Crippen LogP contribution in [0.25, 0.3) is 0 Å². The summed E-state index contributed by atoms with van der Waals surface area (Å²) in [4.78, 5) is 0. The molecule has 0 fully saturated rings. The van der Waals surface area contributed by atoms with Gasteiger partial charge in [0.25, 0.3) is 0 Å². The molecule has 0 unspecified atom stereocenters. The Morgan fingerprint density at radius 1 is 0.789 bits per heavy atom. The summed E-state index contributed by atoms with van der Waals surface area (Å²) in [7, 11) is 0. The van der Waals surface area contributed by atoms with E-state index in [1.807, 2.05) is 0 Å². The molecule has 1 rings (SSSR count). The molecule has 0 N–H and O–H groups in total. The van der Waals surface area contributed by atoms with Gasteiger partial charge in [-0.15, -0.1) is 0 Å². The molecule has 0 nitrogen and oxygen atoms in total. The Morgan fingerprint density at radius 3 is 1.58 bits per heavy atom. The van der Waals surface area contributed by atoms with Crippen molar-refractivity contribution in [2.24, 2.45) is 0 Å². The molecule has 0 spiro atoms. The molecule has 107 valence electrons. The van der Waals surface area contributed by atoms with E-state index in [0.717, 1.165) is 0 Å². The fraction of sp³-hybridized carbons (Fsp3) is 0.667. The Hall–Kier alpha value is 0.0187. The molecule has 1 heteroatoms. The second kappa shape index (κ2) is 9.85. The molecule has 1 aromatic carbocycles. The molecular formula is C18H31Sn. The van der Waals surface area contributed by atoms with Gasteiger partial charge in [-0.3, -0.25) is 0 Å². The third kappa shape index (κ3) is 5.49. The van der Waals surface area contributed by atoms with Crippen LogP contribution in [-0.4, -0.2) is 18.4 Å². The zero-order valence-electron chi connectivity index (χ0n) is 13.2. The van der Waals surface area contributed by atoms with Crippen LogP contribution in [0.2, 0.25) is 13.3 Å². The van der Waals surface area contributed by atoms with Gasteiger partial charge in [-0.1, -0.05) is 0 Å². The number of rotatable bonds is 10. The summed E-state index contributed by atoms with van der Waals surface area (Å²) >= 11 is -2.12. The number of benzene rings is 1. The Morgan fingerprint density at radius 2 is 1.21 bits per heavy atom. The van der Waals surface area contributed by atoms with Gasteiger partial charge in [-0.05, 0) is 0 Å². The molecule has 0 saturated carbocycles. The SMILES string of the molecule is CCC[CH2][Sn]([CH2]CCC)([CH2]CCC)[c]1cc[c]cc1. The van der Waals surface area contributed by atoms with Crippen LogP contribution in [0.3, 0.4) is 0 Å². The molecule has 0 aliphatic carbocycles. The van der Waals surface area contributed by atoms with E-state index in [4.69, 9.17) is 0 Å². The molecule has 1 aromatic rings. The number of hydrogen-bond acceptors (Lipinski definition) is 0. The predicted molar refractivity (Wildman–Crippen MR) is 89.8 cm³/mol. The maximum absolute atomic E-state index is 3.21. The van der Waals surface area contributed by atoms with Gasteiger partial charge in [0.05, 0.1) is 0 Å². The van der Waals surface area contributed by atoms with Crippen molar-refractivity contribution in [2.45, 2.75) is 72.6 Å². The minimum atomic E-state index is -2.12. The molecule has 0 heterocycles. The Bertz CT molecular complexity index is 296. The third-order valence-corrected chi connectivity index (χ3v) is 20.0. The van der Waals surface area contributed by atoms with Crippen molar-refractivity contribution >= 4 is 22.0 Å². The molecule has 0 atom stereocenters. The first kappa shape index (κ1) is 17.1. The van der Waals surface area contributed by atoms with Crippen LogP contribution >= 0.6 is 0 Å². The molecular weight excluding hydrogens is 335 g/mol. The Labute approximate surface area is 124 Å². The Kier molecular flexibility index (Phi) is 8.85. The summed E-state index contributed by atoms with van der Waals surface area (Å²) in [6, 6.07) is 12.3. The summed E-state index contributed by atoms with van der Waals surface area (Å²) in [5.74, 6) is 0. The molecule has 0 aliphatic rings. The molecule has 0 saturated heterocycles. The molecule has 1 radical (unpaired) electrons. The normalized spacial score (nSPS) is 11.7. The van der Waals surface area contributed by atoms with Gasteiger partial charge in [0, 0.05) is 0 Å². The zero-order chi connectivity index (χ0) is 14.0. The van der Waals surface area contributed by atoms with Crippen LogP contribution in [-0.2, 0) is 0 Å². The summed E-state index contributed by atoms with van der Waals surface area (Å²) in [5, 5.41) is 0. The van der Waals surface area contributed by atoms with E-state index in [1.165, 1.54) is 38.5 Å². The van der Waals surface area contributed by atoms with Crippen molar-refractivity contribution in [1.29, 1.82) is 0 Å². The second-order valence-electron chi connectivity index (χ2n) is 5.88. The summed E-state index contributed by atoms with van der Waals surface area (Å²) in [5.41, 5.74) is 0. The van der Waals surface area contributed by atoms with E-state index >= 15 is 0 Å². The van der Waals surface area contributed by atoms with Crippen LogP contribution in [0.4, 0.5) is 0 Å². The van der Waals surface area contributed by atoms with E-state index in [2.05, 4.69) is 51.1 Å². The molecule has 0 aliphatic heterocycles. The van der Waals surface area contributed by atoms with Gasteiger partial charge < -0.3 is 0 Å². The van der Waals surface area contributed by atoms with Gasteiger partial charge in [-0.25, -0.2) is 0 Å². The molecule has 19 heavy (non-hydrogen) atoms. The van der Waals surface area contributed by atoms with E-state index < -0.39 is 18.4 Å². The average molecular weight is 366 g/mol. The standard InChI is InChI=1S/C6H4.3C4H9.Sn/c1-2-4-6-5-3-1;3*1-3-4-2;/h1-2,5-6H;3*1,3-4H2,2H3;. The molecule has 0 aromatic heterocycles. The van der Waals surface area contributed by atoms with Crippen LogP contribution in [0.1, 0.15) is 59.3 Å². The fourth-order valence-electron chi connectivity index (χ4n) is 3.09. The molecule has 0 amide bonds. The number of hydrogen-bond donors (Lipinski definition) is 0.